The van der Waals surface area contributed by atoms with Gasteiger partial charge in [0.05, 0.1) is 11.4 Å². The zero-order valence-corrected chi connectivity index (χ0v) is 9.59. The van der Waals surface area contributed by atoms with Gasteiger partial charge in [0.25, 0.3) is 0 Å². The molecule has 0 radical (unpaired) electrons. The number of para-hydroxylation sites is 1. The SMILES string of the molecule is Cc1ccc(C2=Nc3ccccc3C2O)cc1. The van der Waals surface area contributed by atoms with Gasteiger partial charge in [-0.2, -0.15) is 0 Å². The number of nitrogens with zero attached hydrogens (tertiary/aromatic N) is 1. The first kappa shape index (κ1) is 10.2. The minimum atomic E-state index is -0.603. The first-order chi connectivity index (χ1) is 8.25. The van der Waals surface area contributed by atoms with Crippen molar-refractivity contribution in [1.82, 2.24) is 0 Å². The van der Waals surface area contributed by atoms with Crippen LogP contribution in [0.25, 0.3) is 0 Å². The molecule has 17 heavy (non-hydrogen) atoms. The lowest BCUT2D eigenvalue weighted by atomic mass is 10.0. The van der Waals surface area contributed by atoms with E-state index in [1.807, 2.05) is 55.5 Å². The minimum Gasteiger partial charge on any atom is -0.382 e. The van der Waals surface area contributed by atoms with E-state index in [2.05, 4.69) is 4.99 Å². The van der Waals surface area contributed by atoms with Crippen LogP contribution in [0, 0.1) is 6.92 Å². The number of benzene rings is 2. The number of aliphatic imine (C=N–C) groups is 1. The summed E-state index contributed by atoms with van der Waals surface area (Å²) in [5.74, 6) is 0. The molecule has 0 aliphatic carbocycles. The lowest BCUT2D eigenvalue weighted by Gasteiger charge is -2.08. The third-order valence-electron chi connectivity index (χ3n) is 3.08. The molecule has 2 heteroatoms. The molecule has 3 rings (SSSR count). The Morgan fingerprint density at radius 3 is 2.41 bits per heavy atom. The van der Waals surface area contributed by atoms with E-state index in [-0.39, 0.29) is 0 Å². The van der Waals surface area contributed by atoms with E-state index in [1.54, 1.807) is 0 Å². The van der Waals surface area contributed by atoms with Gasteiger partial charge in [0.2, 0.25) is 0 Å². The highest BCUT2D eigenvalue weighted by molar-refractivity contribution is 6.08. The molecule has 0 amide bonds. The summed E-state index contributed by atoms with van der Waals surface area (Å²) in [6, 6.07) is 15.8. The lowest BCUT2D eigenvalue weighted by Crippen LogP contribution is -2.08. The van der Waals surface area contributed by atoms with Crippen molar-refractivity contribution in [3.05, 3.63) is 65.2 Å². The summed E-state index contributed by atoms with van der Waals surface area (Å²) in [5.41, 5.74) is 4.70. The first-order valence-electron chi connectivity index (χ1n) is 5.68. The molecule has 1 heterocycles. The molecule has 1 atom stereocenters. The van der Waals surface area contributed by atoms with Gasteiger partial charge in [-0.25, -0.2) is 4.99 Å². The van der Waals surface area contributed by atoms with Gasteiger partial charge in [0.1, 0.15) is 6.10 Å². The molecule has 0 spiro atoms. The zero-order chi connectivity index (χ0) is 11.8. The van der Waals surface area contributed by atoms with Gasteiger partial charge in [-0.15, -0.1) is 0 Å². The molecule has 0 saturated heterocycles. The molecule has 0 bridgehead atoms. The van der Waals surface area contributed by atoms with Crippen molar-refractivity contribution >= 4 is 11.4 Å². The number of hydrogen-bond donors (Lipinski definition) is 1. The molecule has 84 valence electrons. The van der Waals surface area contributed by atoms with Gasteiger partial charge < -0.3 is 5.11 Å². The third-order valence-corrected chi connectivity index (χ3v) is 3.08. The van der Waals surface area contributed by atoms with Crippen LogP contribution < -0.4 is 0 Å². The van der Waals surface area contributed by atoms with Crippen molar-refractivity contribution < 1.29 is 5.11 Å². The van der Waals surface area contributed by atoms with Crippen molar-refractivity contribution in [1.29, 1.82) is 0 Å². The van der Waals surface area contributed by atoms with Crippen molar-refractivity contribution in [3.8, 4) is 0 Å². The molecule has 0 fully saturated rings. The Bertz CT molecular complexity index is 584. The number of aliphatic hydroxyl groups is 1. The summed E-state index contributed by atoms with van der Waals surface area (Å²) in [7, 11) is 0. The largest absolute Gasteiger partial charge is 0.382 e. The van der Waals surface area contributed by atoms with Crippen LogP contribution >= 0.6 is 0 Å². The predicted molar refractivity (Wildman–Crippen MR) is 68.8 cm³/mol. The van der Waals surface area contributed by atoms with E-state index < -0.39 is 6.10 Å². The Morgan fingerprint density at radius 1 is 1.00 bits per heavy atom. The summed E-state index contributed by atoms with van der Waals surface area (Å²) < 4.78 is 0. The second kappa shape index (κ2) is 3.82. The molecule has 1 N–H and O–H groups in total. The average Bonchev–Trinajstić information content (AvgIpc) is 2.69. The van der Waals surface area contributed by atoms with Crippen LogP contribution in [-0.4, -0.2) is 10.8 Å². The van der Waals surface area contributed by atoms with Gasteiger partial charge >= 0.3 is 0 Å². The maximum Gasteiger partial charge on any atom is 0.124 e. The normalized spacial score (nSPS) is 17.8. The highest BCUT2D eigenvalue weighted by atomic mass is 16.3. The van der Waals surface area contributed by atoms with E-state index in [0.29, 0.717) is 0 Å². The Hall–Kier alpha value is -1.93. The molecule has 2 nitrogen and oxygen atoms in total. The van der Waals surface area contributed by atoms with Crippen molar-refractivity contribution in [2.75, 3.05) is 0 Å². The Kier molecular flexibility index (Phi) is 2.30. The van der Waals surface area contributed by atoms with E-state index in [4.69, 9.17) is 0 Å². The molecule has 0 saturated carbocycles. The Morgan fingerprint density at radius 2 is 1.71 bits per heavy atom. The van der Waals surface area contributed by atoms with Gasteiger partial charge in [-0.1, -0.05) is 48.0 Å². The predicted octanol–water partition coefficient (Wildman–Crippen LogP) is 3.16. The van der Waals surface area contributed by atoms with Crippen LogP contribution in [-0.2, 0) is 0 Å². The summed E-state index contributed by atoms with van der Waals surface area (Å²) in [5, 5.41) is 10.2. The molecule has 1 aliphatic rings. The van der Waals surface area contributed by atoms with E-state index in [1.165, 1.54) is 5.56 Å². The molecule has 2 aromatic rings. The first-order valence-corrected chi connectivity index (χ1v) is 5.68. The highest BCUT2D eigenvalue weighted by Crippen LogP contribution is 2.35. The van der Waals surface area contributed by atoms with Gasteiger partial charge in [-0.3, -0.25) is 0 Å². The van der Waals surface area contributed by atoms with Crippen LogP contribution in [0.3, 0.4) is 0 Å². The summed E-state index contributed by atoms with van der Waals surface area (Å²) in [6.07, 6.45) is -0.603. The topological polar surface area (TPSA) is 32.6 Å². The third kappa shape index (κ3) is 1.67. The van der Waals surface area contributed by atoms with Crippen LogP contribution in [0.5, 0.6) is 0 Å². The smallest absolute Gasteiger partial charge is 0.124 e. The number of aryl methyl sites for hydroxylation is 1. The van der Waals surface area contributed by atoms with Gasteiger partial charge in [0.15, 0.2) is 0 Å². The standard InChI is InChI=1S/C15H13NO/c1-10-6-8-11(9-7-10)14-15(17)12-4-2-3-5-13(12)16-14/h2-9,15,17H,1H3. The van der Waals surface area contributed by atoms with Crippen LogP contribution in [0.15, 0.2) is 53.5 Å². The van der Waals surface area contributed by atoms with Crippen LogP contribution in [0.1, 0.15) is 22.8 Å². The highest BCUT2D eigenvalue weighted by Gasteiger charge is 2.25. The van der Waals surface area contributed by atoms with Crippen molar-refractivity contribution in [2.45, 2.75) is 13.0 Å². The molecule has 1 unspecified atom stereocenters. The molecule has 1 aliphatic heterocycles. The minimum absolute atomic E-state index is 0.603. The number of fused-ring (bicyclic) bond motifs is 1. The molecule has 2 aromatic carbocycles. The van der Waals surface area contributed by atoms with E-state index in [9.17, 15) is 5.11 Å². The van der Waals surface area contributed by atoms with Crippen LogP contribution in [0.2, 0.25) is 0 Å². The molecule has 0 aromatic heterocycles. The van der Waals surface area contributed by atoms with Gasteiger partial charge in [0, 0.05) is 5.56 Å². The number of rotatable bonds is 1. The second-order valence-electron chi connectivity index (χ2n) is 4.32. The Balaban J connectivity index is 2.05. The summed E-state index contributed by atoms with van der Waals surface area (Å²) in [6.45, 7) is 2.05. The fraction of sp³-hybridized carbons (Fsp3) is 0.133. The monoisotopic (exact) mass is 223 g/mol. The Labute approximate surface area is 100 Å². The lowest BCUT2D eigenvalue weighted by molar-refractivity contribution is 0.252. The summed E-state index contributed by atoms with van der Waals surface area (Å²) in [4.78, 5) is 4.50. The molecular formula is C15H13NO. The second-order valence-corrected chi connectivity index (χ2v) is 4.32. The fourth-order valence-electron chi connectivity index (χ4n) is 2.11. The van der Waals surface area contributed by atoms with E-state index >= 15 is 0 Å². The maximum absolute atomic E-state index is 10.2. The number of aliphatic hydroxyl groups excluding tert-OH is 1. The zero-order valence-electron chi connectivity index (χ0n) is 9.59. The number of hydrogen-bond acceptors (Lipinski definition) is 2. The van der Waals surface area contributed by atoms with Gasteiger partial charge in [-0.05, 0) is 18.6 Å². The van der Waals surface area contributed by atoms with Crippen molar-refractivity contribution in [2.24, 2.45) is 4.99 Å². The van der Waals surface area contributed by atoms with Crippen molar-refractivity contribution in [3.63, 3.8) is 0 Å². The average molecular weight is 223 g/mol. The fourth-order valence-corrected chi connectivity index (χ4v) is 2.11. The van der Waals surface area contributed by atoms with E-state index in [0.717, 1.165) is 22.5 Å². The molecular weight excluding hydrogens is 210 g/mol. The maximum atomic E-state index is 10.2. The van der Waals surface area contributed by atoms with Crippen LogP contribution in [0.4, 0.5) is 5.69 Å². The summed E-state index contributed by atoms with van der Waals surface area (Å²) >= 11 is 0. The quantitative estimate of drug-likeness (QED) is 0.791.